The second-order valence-corrected chi connectivity index (χ2v) is 5.42. The smallest absolute Gasteiger partial charge is 0.161 e. The van der Waals surface area contributed by atoms with Crippen molar-refractivity contribution in [3.05, 3.63) is 11.9 Å². The van der Waals surface area contributed by atoms with Gasteiger partial charge in [0.2, 0.25) is 0 Å². The summed E-state index contributed by atoms with van der Waals surface area (Å²) < 4.78 is 13.3. The summed E-state index contributed by atoms with van der Waals surface area (Å²) in [7, 11) is 3.69. The summed E-state index contributed by atoms with van der Waals surface area (Å²) in [5.41, 5.74) is 1.13. The SMILES string of the molecule is CCCNC(c1c(OC)cnn1C)C1CCOC1CC. The third-order valence-electron chi connectivity index (χ3n) is 4.17. The van der Waals surface area contributed by atoms with Crippen molar-refractivity contribution in [2.75, 3.05) is 20.3 Å². The van der Waals surface area contributed by atoms with Crippen molar-refractivity contribution in [2.45, 2.75) is 45.3 Å². The van der Waals surface area contributed by atoms with E-state index in [1.165, 1.54) is 0 Å². The third kappa shape index (κ3) is 2.99. The molecular formula is C15H27N3O2. The summed E-state index contributed by atoms with van der Waals surface area (Å²) in [4.78, 5) is 0. The van der Waals surface area contributed by atoms with Crippen LogP contribution in [0, 0.1) is 5.92 Å². The molecule has 3 unspecified atom stereocenters. The molecule has 1 aliphatic rings. The van der Waals surface area contributed by atoms with E-state index in [9.17, 15) is 0 Å². The number of hydrogen-bond donors (Lipinski definition) is 1. The van der Waals surface area contributed by atoms with Gasteiger partial charge in [0, 0.05) is 19.6 Å². The van der Waals surface area contributed by atoms with Crippen LogP contribution in [0.25, 0.3) is 0 Å². The summed E-state index contributed by atoms with van der Waals surface area (Å²) in [6.45, 7) is 6.23. The van der Waals surface area contributed by atoms with Gasteiger partial charge in [-0.15, -0.1) is 0 Å². The number of aromatic nitrogens is 2. The Balaban J connectivity index is 2.28. The van der Waals surface area contributed by atoms with E-state index in [0.717, 1.165) is 43.9 Å². The van der Waals surface area contributed by atoms with E-state index in [1.807, 2.05) is 11.7 Å². The summed E-state index contributed by atoms with van der Waals surface area (Å²) in [6, 6.07) is 0.241. The van der Waals surface area contributed by atoms with Gasteiger partial charge in [-0.1, -0.05) is 13.8 Å². The molecule has 1 N–H and O–H groups in total. The van der Waals surface area contributed by atoms with Crippen LogP contribution in [-0.4, -0.2) is 36.1 Å². The molecule has 114 valence electrons. The van der Waals surface area contributed by atoms with Crippen LogP contribution in [0.4, 0.5) is 0 Å². The molecule has 5 nitrogen and oxygen atoms in total. The molecule has 0 radical (unpaired) electrons. The molecule has 20 heavy (non-hydrogen) atoms. The van der Waals surface area contributed by atoms with Crippen LogP contribution in [-0.2, 0) is 11.8 Å². The van der Waals surface area contributed by atoms with Crippen LogP contribution in [0.2, 0.25) is 0 Å². The Kier molecular flexibility index (Phi) is 5.43. The molecule has 3 atom stereocenters. The fraction of sp³-hybridized carbons (Fsp3) is 0.800. The molecule has 2 heterocycles. The molecule has 0 bridgehead atoms. The zero-order chi connectivity index (χ0) is 14.5. The lowest BCUT2D eigenvalue weighted by Crippen LogP contribution is -2.34. The Morgan fingerprint density at radius 1 is 1.55 bits per heavy atom. The van der Waals surface area contributed by atoms with Crippen LogP contribution in [0.3, 0.4) is 0 Å². The molecule has 0 amide bonds. The van der Waals surface area contributed by atoms with Crippen LogP contribution < -0.4 is 10.1 Å². The van der Waals surface area contributed by atoms with E-state index < -0.39 is 0 Å². The minimum absolute atomic E-state index is 0.241. The van der Waals surface area contributed by atoms with Gasteiger partial charge < -0.3 is 14.8 Å². The molecular weight excluding hydrogens is 254 g/mol. The topological polar surface area (TPSA) is 48.3 Å². The normalized spacial score (nSPS) is 24.0. The summed E-state index contributed by atoms with van der Waals surface area (Å²) >= 11 is 0. The second-order valence-electron chi connectivity index (χ2n) is 5.42. The molecule has 0 saturated carbocycles. The first kappa shape index (κ1) is 15.3. The standard InChI is InChI=1S/C15H27N3O2/c1-5-8-16-14(11-7-9-20-12(11)6-2)15-13(19-4)10-17-18(15)3/h10-12,14,16H,5-9H2,1-4H3. The highest BCUT2D eigenvalue weighted by molar-refractivity contribution is 5.29. The quantitative estimate of drug-likeness (QED) is 0.833. The molecule has 1 saturated heterocycles. The molecule has 1 aromatic heterocycles. The zero-order valence-corrected chi connectivity index (χ0v) is 13.1. The van der Waals surface area contributed by atoms with Gasteiger partial charge in [-0.2, -0.15) is 5.10 Å². The van der Waals surface area contributed by atoms with Gasteiger partial charge in [-0.3, -0.25) is 4.68 Å². The van der Waals surface area contributed by atoms with Gasteiger partial charge in [0.15, 0.2) is 5.75 Å². The van der Waals surface area contributed by atoms with Crippen LogP contribution >= 0.6 is 0 Å². The Morgan fingerprint density at radius 2 is 2.35 bits per heavy atom. The highest BCUT2D eigenvalue weighted by Gasteiger charge is 2.37. The van der Waals surface area contributed by atoms with E-state index in [0.29, 0.717) is 12.0 Å². The number of aryl methyl sites for hydroxylation is 1. The van der Waals surface area contributed by atoms with E-state index >= 15 is 0 Å². The van der Waals surface area contributed by atoms with E-state index in [4.69, 9.17) is 9.47 Å². The molecule has 1 aliphatic heterocycles. The number of nitrogens with one attached hydrogen (secondary N) is 1. The van der Waals surface area contributed by atoms with Gasteiger partial charge in [-0.05, 0) is 25.8 Å². The van der Waals surface area contributed by atoms with Gasteiger partial charge in [0.05, 0.1) is 31.1 Å². The Morgan fingerprint density at radius 3 is 3.00 bits per heavy atom. The monoisotopic (exact) mass is 281 g/mol. The van der Waals surface area contributed by atoms with Gasteiger partial charge in [0.1, 0.15) is 0 Å². The molecule has 1 fully saturated rings. The van der Waals surface area contributed by atoms with Crippen molar-refractivity contribution >= 4 is 0 Å². The molecule has 0 aromatic carbocycles. The summed E-state index contributed by atoms with van der Waals surface area (Å²) in [5, 5.41) is 8.02. The summed E-state index contributed by atoms with van der Waals surface area (Å²) in [6.07, 6.45) is 5.38. The summed E-state index contributed by atoms with van der Waals surface area (Å²) in [5.74, 6) is 1.35. The first-order valence-electron chi connectivity index (χ1n) is 7.63. The predicted octanol–water partition coefficient (Wildman–Crippen LogP) is 2.28. The number of rotatable bonds is 7. The first-order chi connectivity index (χ1) is 9.72. The molecule has 1 aromatic rings. The maximum Gasteiger partial charge on any atom is 0.161 e. The fourth-order valence-electron chi connectivity index (χ4n) is 3.16. The highest BCUT2D eigenvalue weighted by atomic mass is 16.5. The highest BCUT2D eigenvalue weighted by Crippen LogP contribution is 2.38. The average Bonchev–Trinajstić information content (AvgIpc) is 3.07. The molecule has 5 heteroatoms. The van der Waals surface area contributed by atoms with E-state index in [-0.39, 0.29) is 6.04 Å². The van der Waals surface area contributed by atoms with E-state index in [1.54, 1.807) is 13.3 Å². The van der Waals surface area contributed by atoms with E-state index in [2.05, 4.69) is 24.3 Å². The lowest BCUT2D eigenvalue weighted by Gasteiger charge is -2.28. The van der Waals surface area contributed by atoms with Crippen LogP contribution in [0.5, 0.6) is 5.75 Å². The molecule has 0 aliphatic carbocycles. The van der Waals surface area contributed by atoms with Gasteiger partial charge in [-0.25, -0.2) is 0 Å². The zero-order valence-electron chi connectivity index (χ0n) is 13.1. The van der Waals surface area contributed by atoms with Crippen molar-refractivity contribution in [2.24, 2.45) is 13.0 Å². The average molecular weight is 281 g/mol. The maximum atomic E-state index is 5.88. The van der Waals surface area contributed by atoms with Crippen LogP contribution in [0.1, 0.15) is 44.8 Å². The lowest BCUT2D eigenvalue weighted by molar-refractivity contribution is 0.0762. The van der Waals surface area contributed by atoms with Crippen LogP contribution in [0.15, 0.2) is 6.20 Å². The van der Waals surface area contributed by atoms with Crippen molar-refractivity contribution < 1.29 is 9.47 Å². The third-order valence-corrected chi connectivity index (χ3v) is 4.17. The number of methoxy groups -OCH3 is 1. The Labute approximate surface area is 121 Å². The Hall–Kier alpha value is -1.07. The van der Waals surface area contributed by atoms with Crippen molar-refractivity contribution in [3.8, 4) is 5.75 Å². The number of ether oxygens (including phenoxy) is 2. The number of nitrogens with zero attached hydrogens (tertiary/aromatic N) is 2. The molecule has 2 rings (SSSR count). The number of hydrogen-bond acceptors (Lipinski definition) is 4. The van der Waals surface area contributed by atoms with Crippen molar-refractivity contribution in [3.63, 3.8) is 0 Å². The Bertz CT molecular complexity index is 419. The maximum absolute atomic E-state index is 5.88. The lowest BCUT2D eigenvalue weighted by atomic mass is 9.88. The van der Waals surface area contributed by atoms with Crippen molar-refractivity contribution in [1.29, 1.82) is 0 Å². The minimum Gasteiger partial charge on any atom is -0.493 e. The minimum atomic E-state index is 0.241. The van der Waals surface area contributed by atoms with Gasteiger partial charge >= 0.3 is 0 Å². The predicted molar refractivity (Wildman–Crippen MR) is 78.9 cm³/mol. The fourth-order valence-corrected chi connectivity index (χ4v) is 3.16. The first-order valence-corrected chi connectivity index (χ1v) is 7.63. The largest absolute Gasteiger partial charge is 0.493 e. The molecule has 0 spiro atoms. The van der Waals surface area contributed by atoms with Crippen molar-refractivity contribution in [1.82, 2.24) is 15.1 Å². The van der Waals surface area contributed by atoms with Gasteiger partial charge in [0.25, 0.3) is 0 Å². The second kappa shape index (κ2) is 7.09.